The molecule has 0 saturated heterocycles. The van der Waals surface area contributed by atoms with Gasteiger partial charge >= 0.3 is 0 Å². The van der Waals surface area contributed by atoms with E-state index in [1.807, 2.05) is 48.5 Å². The summed E-state index contributed by atoms with van der Waals surface area (Å²) in [5.74, 6) is 1.84. The van der Waals surface area contributed by atoms with Gasteiger partial charge in [-0.2, -0.15) is 0 Å². The lowest BCUT2D eigenvalue weighted by atomic mass is 9.99. The van der Waals surface area contributed by atoms with E-state index < -0.39 is 0 Å². The van der Waals surface area contributed by atoms with Crippen LogP contribution in [0, 0.1) is 0 Å². The van der Waals surface area contributed by atoms with Gasteiger partial charge in [0.05, 0.1) is 22.1 Å². The van der Waals surface area contributed by atoms with Crippen molar-refractivity contribution < 1.29 is 4.42 Å². The van der Waals surface area contributed by atoms with E-state index in [9.17, 15) is 0 Å². The summed E-state index contributed by atoms with van der Waals surface area (Å²) < 4.78 is 8.81. The van der Waals surface area contributed by atoms with Gasteiger partial charge < -0.3 is 8.98 Å². The molecule has 0 unspecified atom stereocenters. The minimum atomic E-state index is 0.603. The van der Waals surface area contributed by atoms with Crippen LogP contribution in [0.1, 0.15) is 0 Å². The van der Waals surface area contributed by atoms with Crippen molar-refractivity contribution >= 4 is 43.7 Å². The molecule has 3 aromatic heterocycles. The van der Waals surface area contributed by atoms with Crippen LogP contribution in [0.5, 0.6) is 0 Å². The van der Waals surface area contributed by atoms with Gasteiger partial charge in [-0.25, -0.2) is 15.0 Å². The Kier molecular flexibility index (Phi) is 8.42. The van der Waals surface area contributed by atoms with Crippen LogP contribution in [0.25, 0.3) is 117 Å². The zero-order valence-corrected chi connectivity index (χ0v) is 33.5. The molecule has 12 aromatic rings. The second kappa shape index (κ2) is 14.7. The Labute approximate surface area is 357 Å². The standard InChI is InChI=1S/C57H36N4O/c1-4-13-37(14-5-1)39-23-25-41(26-24-39)44-32-34-49-48(35-44)46-33-31-45(36-51(46)61(49)50-20-12-22-53-54(50)47-19-10-11-21-52(47)62-53)57-59-55(42-17-8-3-9-18-42)58-56(60-57)43-29-27-40(28-30-43)38-15-6-2-7-16-38/h1-36H. The first-order valence-corrected chi connectivity index (χ1v) is 20.8. The number of fused-ring (bicyclic) bond motifs is 6. The third-order valence-corrected chi connectivity index (χ3v) is 11.9. The van der Waals surface area contributed by atoms with Gasteiger partial charge in [0.25, 0.3) is 0 Å². The van der Waals surface area contributed by atoms with Crippen LogP contribution in [0.4, 0.5) is 0 Å². The van der Waals surface area contributed by atoms with Gasteiger partial charge in [0.2, 0.25) is 0 Å². The number of benzene rings is 9. The fourth-order valence-electron chi connectivity index (χ4n) is 8.82. The lowest BCUT2D eigenvalue weighted by molar-refractivity contribution is 0.669. The fraction of sp³-hybridized carbons (Fsp3) is 0. The molecule has 0 aliphatic carbocycles. The molecule has 0 N–H and O–H groups in total. The molecule has 0 bridgehead atoms. The number of aromatic nitrogens is 4. The largest absolute Gasteiger partial charge is 0.456 e. The van der Waals surface area contributed by atoms with Crippen molar-refractivity contribution in [1.82, 2.24) is 19.5 Å². The molecule has 0 saturated carbocycles. The summed E-state index contributed by atoms with van der Waals surface area (Å²) in [6.45, 7) is 0. The first-order valence-electron chi connectivity index (χ1n) is 20.8. The Morgan fingerprint density at radius 2 is 0.758 bits per heavy atom. The summed E-state index contributed by atoms with van der Waals surface area (Å²) in [4.78, 5) is 15.4. The highest BCUT2D eigenvalue weighted by Crippen LogP contribution is 2.41. The van der Waals surface area contributed by atoms with Crippen molar-refractivity contribution in [3.63, 3.8) is 0 Å². The van der Waals surface area contributed by atoms with Crippen molar-refractivity contribution in [2.24, 2.45) is 0 Å². The van der Waals surface area contributed by atoms with Crippen LogP contribution in [-0.2, 0) is 0 Å². The van der Waals surface area contributed by atoms with Crippen molar-refractivity contribution in [3.8, 4) is 73.2 Å². The predicted molar refractivity (Wildman–Crippen MR) is 254 cm³/mol. The maximum absolute atomic E-state index is 6.43. The predicted octanol–water partition coefficient (Wildman–Crippen LogP) is 14.9. The SMILES string of the molecule is c1ccc(-c2ccc(-c3ccc4c(c3)c3ccc(-c5nc(-c6ccccc6)nc(-c6ccc(-c7ccccc7)cc6)n5)cc3n4-c3cccc4oc5ccccc5c34)cc2)cc1. The summed E-state index contributed by atoms with van der Waals surface area (Å²) in [6.07, 6.45) is 0. The molecule has 5 heteroatoms. The van der Waals surface area contributed by atoms with E-state index >= 15 is 0 Å². The second-order valence-electron chi connectivity index (χ2n) is 15.6. The monoisotopic (exact) mass is 792 g/mol. The summed E-state index contributed by atoms with van der Waals surface area (Å²) >= 11 is 0. The molecule has 0 aliphatic rings. The molecule has 9 aromatic carbocycles. The topological polar surface area (TPSA) is 56.7 Å². The first kappa shape index (κ1) is 35.5. The summed E-state index contributed by atoms with van der Waals surface area (Å²) in [6, 6.07) is 76.4. The van der Waals surface area contributed by atoms with E-state index in [-0.39, 0.29) is 0 Å². The lowest BCUT2D eigenvalue weighted by Crippen LogP contribution is -2.00. The maximum atomic E-state index is 6.43. The van der Waals surface area contributed by atoms with Crippen LogP contribution in [0.2, 0.25) is 0 Å². The van der Waals surface area contributed by atoms with E-state index in [4.69, 9.17) is 19.4 Å². The smallest absolute Gasteiger partial charge is 0.164 e. The minimum Gasteiger partial charge on any atom is -0.456 e. The lowest BCUT2D eigenvalue weighted by Gasteiger charge is -2.12. The maximum Gasteiger partial charge on any atom is 0.164 e. The van der Waals surface area contributed by atoms with E-state index in [1.54, 1.807) is 0 Å². The molecular weight excluding hydrogens is 757 g/mol. The van der Waals surface area contributed by atoms with Crippen LogP contribution in [-0.4, -0.2) is 19.5 Å². The zero-order chi connectivity index (χ0) is 41.0. The average Bonchev–Trinajstić information content (AvgIpc) is 3.90. The summed E-state index contributed by atoms with van der Waals surface area (Å²) in [5.41, 5.74) is 14.6. The molecule has 0 spiro atoms. The van der Waals surface area contributed by atoms with Crippen molar-refractivity contribution in [3.05, 3.63) is 218 Å². The van der Waals surface area contributed by atoms with Gasteiger partial charge in [-0.3, -0.25) is 0 Å². The normalized spacial score (nSPS) is 11.5. The number of para-hydroxylation sites is 1. The van der Waals surface area contributed by atoms with Gasteiger partial charge in [0.1, 0.15) is 11.2 Å². The number of rotatable bonds is 7. The molecule has 12 rings (SSSR count). The fourth-order valence-corrected chi connectivity index (χ4v) is 8.82. The molecule has 0 radical (unpaired) electrons. The molecule has 0 aliphatic heterocycles. The molecule has 3 heterocycles. The number of furan rings is 1. The summed E-state index contributed by atoms with van der Waals surface area (Å²) in [7, 11) is 0. The zero-order valence-electron chi connectivity index (χ0n) is 33.5. The molecule has 62 heavy (non-hydrogen) atoms. The molecule has 0 amide bonds. The number of nitrogens with zero attached hydrogens (tertiary/aromatic N) is 4. The van der Waals surface area contributed by atoms with E-state index in [0.717, 1.165) is 88.4 Å². The van der Waals surface area contributed by atoms with E-state index in [0.29, 0.717) is 17.5 Å². The molecule has 0 fully saturated rings. The van der Waals surface area contributed by atoms with Crippen LogP contribution in [0.3, 0.4) is 0 Å². The first-order chi connectivity index (χ1) is 30.7. The van der Waals surface area contributed by atoms with Gasteiger partial charge in [-0.15, -0.1) is 0 Å². The second-order valence-corrected chi connectivity index (χ2v) is 15.6. The van der Waals surface area contributed by atoms with Crippen LogP contribution >= 0.6 is 0 Å². The highest BCUT2D eigenvalue weighted by Gasteiger charge is 2.20. The van der Waals surface area contributed by atoms with E-state index in [1.165, 1.54) is 11.1 Å². The quantitative estimate of drug-likeness (QED) is 0.161. The Bertz CT molecular complexity index is 3590. The van der Waals surface area contributed by atoms with Gasteiger partial charge in [-0.1, -0.05) is 182 Å². The Morgan fingerprint density at radius 3 is 1.40 bits per heavy atom. The molecular formula is C57H36N4O. The number of hydrogen-bond donors (Lipinski definition) is 0. The van der Waals surface area contributed by atoms with Crippen molar-refractivity contribution in [2.75, 3.05) is 0 Å². The highest BCUT2D eigenvalue weighted by atomic mass is 16.3. The molecule has 290 valence electrons. The minimum absolute atomic E-state index is 0.603. The highest BCUT2D eigenvalue weighted by molar-refractivity contribution is 6.15. The third-order valence-electron chi connectivity index (χ3n) is 11.9. The third kappa shape index (κ3) is 6.14. The molecule has 0 atom stereocenters. The number of hydrogen-bond acceptors (Lipinski definition) is 4. The van der Waals surface area contributed by atoms with E-state index in [2.05, 4.69) is 174 Å². The van der Waals surface area contributed by atoms with Crippen LogP contribution < -0.4 is 0 Å². The molecule has 5 nitrogen and oxygen atoms in total. The Hall–Kier alpha value is -8.41. The van der Waals surface area contributed by atoms with Crippen LogP contribution in [0.15, 0.2) is 223 Å². The van der Waals surface area contributed by atoms with Gasteiger partial charge in [0.15, 0.2) is 17.5 Å². The Morgan fingerprint density at radius 1 is 0.290 bits per heavy atom. The average molecular weight is 793 g/mol. The van der Waals surface area contributed by atoms with Gasteiger partial charge in [0, 0.05) is 32.8 Å². The van der Waals surface area contributed by atoms with Crippen molar-refractivity contribution in [2.45, 2.75) is 0 Å². The van der Waals surface area contributed by atoms with Crippen molar-refractivity contribution in [1.29, 1.82) is 0 Å². The summed E-state index contributed by atoms with van der Waals surface area (Å²) in [5, 5.41) is 4.43. The van der Waals surface area contributed by atoms with Gasteiger partial charge in [-0.05, 0) is 69.8 Å². The Balaban J connectivity index is 1.06.